The minimum atomic E-state index is 0.515. The number of nitrogens with one attached hydrogen (secondary N) is 2. The molecule has 0 aliphatic carbocycles. The van der Waals surface area contributed by atoms with Crippen LogP contribution >= 0.6 is 12.2 Å². The van der Waals surface area contributed by atoms with E-state index in [9.17, 15) is 0 Å². The lowest BCUT2D eigenvalue weighted by molar-refractivity contribution is 0.659. The predicted octanol–water partition coefficient (Wildman–Crippen LogP) is 5.22. The van der Waals surface area contributed by atoms with Crippen LogP contribution in [0.3, 0.4) is 0 Å². The van der Waals surface area contributed by atoms with Crippen molar-refractivity contribution in [3.63, 3.8) is 0 Å². The molecule has 2 N–H and O–H groups in total. The highest BCUT2D eigenvalue weighted by Crippen LogP contribution is 2.21. The van der Waals surface area contributed by atoms with Gasteiger partial charge in [0.2, 0.25) is 0 Å². The zero-order valence-electron chi connectivity index (χ0n) is 18.9. The van der Waals surface area contributed by atoms with E-state index in [1.165, 1.54) is 22.3 Å². The molecule has 0 fully saturated rings. The Morgan fingerprint density at radius 1 is 0.906 bits per heavy atom. The summed E-state index contributed by atoms with van der Waals surface area (Å²) in [5.41, 5.74) is 8.66. The molecule has 0 atom stereocenters. The van der Waals surface area contributed by atoms with Gasteiger partial charge in [0.25, 0.3) is 0 Å². The van der Waals surface area contributed by atoms with Gasteiger partial charge in [-0.05, 0) is 51.0 Å². The molecule has 0 bridgehead atoms. The van der Waals surface area contributed by atoms with Gasteiger partial charge in [-0.3, -0.25) is 9.36 Å². The van der Waals surface area contributed by atoms with E-state index in [1.807, 2.05) is 22.5 Å². The number of aryl methyl sites for hydroxylation is 3. The Balaban J connectivity index is 1.39. The van der Waals surface area contributed by atoms with Crippen LogP contribution < -0.4 is 10.6 Å². The van der Waals surface area contributed by atoms with E-state index >= 15 is 0 Å². The number of thiocarbonyl (C=S) groups is 1. The van der Waals surface area contributed by atoms with Crippen molar-refractivity contribution >= 4 is 28.7 Å². The molecule has 0 amide bonds. The molecule has 7 heteroatoms. The molecule has 2 aromatic carbocycles. The quantitative estimate of drug-likeness (QED) is 0.399. The summed E-state index contributed by atoms with van der Waals surface area (Å²) in [5, 5.41) is 16.2. The lowest BCUT2D eigenvalue weighted by Gasteiger charge is -2.10. The first-order valence-electron chi connectivity index (χ1n) is 10.6. The van der Waals surface area contributed by atoms with Crippen molar-refractivity contribution in [2.45, 2.75) is 40.8 Å². The van der Waals surface area contributed by atoms with Crippen LogP contribution in [0.1, 0.15) is 33.6 Å². The Labute approximate surface area is 194 Å². The Morgan fingerprint density at radius 3 is 2.44 bits per heavy atom. The molecule has 4 aromatic rings. The molecule has 0 aliphatic rings. The van der Waals surface area contributed by atoms with Gasteiger partial charge >= 0.3 is 0 Å². The zero-order chi connectivity index (χ0) is 22.7. The zero-order valence-corrected chi connectivity index (χ0v) is 19.7. The normalized spacial score (nSPS) is 10.9. The third-order valence-corrected chi connectivity index (χ3v) is 5.60. The van der Waals surface area contributed by atoms with Gasteiger partial charge in [-0.1, -0.05) is 59.7 Å². The maximum Gasteiger partial charge on any atom is 0.175 e. The van der Waals surface area contributed by atoms with Crippen molar-refractivity contribution in [1.82, 2.24) is 19.6 Å². The van der Waals surface area contributed by atoms with Gasteiger partial charge in [-0.2, -0.15) is 10.2 Å². The molecule has 0 aliphatic heterocycles. The number of rotatable bonds is 6. The summed E-state index contributed by atoms with van der Waals surface area (Å²) in [6, 6.07) is 17.0. The second kappa shape index (κ2) is 9.36. The van der Waals surface area contributed by atoms with Gasteiger partial charge < -0.3 is 10.6 Å². The lowest BCUT2D eigenvalue weighted by atomic mass is 10.1. The van der Waals surface area contributed by atoms with E-state index in [-0.39, 0.29) is 0 Å². The third kappa shape index (κ3) is 5.23. The van der Waals surface area contributed by atoms with Crippen molar-refractivity contribution in [2.75, 3.05) is 10.6 Å². The molecule has 0 saturated carbocycles. The van der Waals surface area contributed by atoms with E-state index < -0.39 is 0 Å². The molecule has 0 spiro atoms. The van der Waals surface area contributed by atoms with Crippen molar-refractivity contribution in [3.8, 4) is 0 Å². The maximum atomic E-state index is 5.55. The van der Waals surface area contributed by atoms with Crippen LogP contribution in [0.25, 0.3) is 0 Å². The number of anilines is 2. The lowest BCUT2D eigenvalue weighted by Crippen LogP contribution is -2.19. The topological polar surface area (TPSA) is 59.7 Å². The Bertz CT molecular complexity index is 1240. The summed E-state index contributed by atoms with van der Waals surface area (Å²) >= 11 is 5.55. The number of hydrogen-bond acceptors (Lipinski definition) is 3. The number of nitrogens with zero attached hydrogens (tertiary/aromatic N) is 4. The van der Waals surface area contributed by atoms with E-state index in [4.69, 9.17) is 17.3 Å². The first kappa shape index (κ1) is 21.8. The molecule has 0 radical (unpaired) electrons. The first-order chi connectivity index (χ1) is 15.4. The third-order valence-electron chi connectivity index (χ3n) is 5.39. The maximum absolute atomic E-state index is 5.55. The van der Waals surface area contributed by atoms with Crippen LogP contribution in [0.15, 0.2) is 60.9 Å². The molecule has 4 rings (SSSR count). The average molecular weight is 445 g/mol. The predicted molar refractivity (Wildman–Crippen MR) is 134 cm³/mol. The van der Waals surface area contributed by atoms with Gasteiger partial charge in [-0.15, -0.1) is 0 Å². The van der Waals surface area contributed by atoms with E-state index in [2.05, 4.69) is 85.0 Å². The van der Waals surface area contributed by atoms with Crippen LogP contribution in [0.5, 0.6) is 0 Å². The second-order valence-electron chi connectivity index (χ2n) is 8.18. The van der Waals surface area contributed by atoms with Crippen LogP contribution in [-0.2, 0) is 13.1 Å². The van der Waals surface area contributed by atoms with Crippen LogP contribution in [-0.4, -0.2) is 24.7 Å². The number of benzene rings is 2. The van der Waals surface area contributed by atoms with Crippen LogP contribution in [0.2, 0.25) is 0 Å². The minimum Gasteiger partial charge on any atom is -0.330 e. The summed E-state index contributed by atoms with van der Waals surface area (Å²) in [6.07, 6.45) is 3.74. The summed E-state index contributed by atoms with van der Waals surface area (Å²) in [6.45, 7) is 9.67. The first-order valence-corrected chi connectivity index (χ1v) is 11.0. The van der Waals surface area contributed by atoms with Crippen LogP contribution in [0.4, 0.5) is 11.4 Å². The molecule has 6 nitrogen and oxygen atoms in total. The van der Waals surface area contributed by atoms with E-state index in [0.717, 1.165) is 29.3 Å². The Morgan fingerprint density at radius 2 is 1.69 bits per heavy atom. The van der Waals surface area contributed by atoms with Crippen molar-refractivity contribution in [1.29, 1.82) is 0 Å². The fourth-order valence-corrected chi connectivity index (χ4v) is 3.91. The van der Waals surface area contributed by atoms with E-state index in [0.29, 0.717) is 11.7 Å². The Hall–Kier alpha value is -3.45. The largest absolute Gasteiger partial charge is 0.330 e. The molecule has 32 heavy (non-hydrogen) atoms. The second-order valence-corrected chi connectivity index (χ2v) is 8.59. The number of aromatic nitrogens is 4. The number of hydrogen-bond donors (Lipinski definition) is 2. The van der Waals surface area contributed by atoms with Gasteiger partial charge in [0.05, 0.1) is 42.0 Å². The van der Waals surface area contributed by atoms with Crippen LogP contribution in [0, 0.1) is 27.7 Å². The van der Waals surface area contributed by atoms with Crippen molar-refractivity contribution < 1.29 is 0 Å². The molecular weight excluding hydrogens is 416 g/mol. The van der Waals surface area contributed by atoms with Gasteiger partial charge in [0, 0.05) is 6.20 Å². The monoisotopic (exact) mass is 444 g/mol. The highest BCUT2D eigenvalue weighted by molar-refractivity contribution is 7.80. The summed E-state index contributed by atoms with van der Waals surface area (Å²) in [5.74, 6) is 0. The highest BCUT2D eigenvalue weighted by atomic mass is 32.1. The molecule has 164 valence electrons. The van der Waals surface area contributed by atoms with E-state index in [1.54, 1.807) is 6.20 Å². The minimum absolute atomic E-state index is 0.515. The smallest absolute Gasteiger partial charge is 0.175 e. The fourth-order valence-electron chi connectivity index (χ4n) is 3.69. The van der Waals surface area contributed by atoms with Gasteiger partial charge in [-0.25, -0.2) is 0 Å². The van der Waals surface area contributed by atoms with Crippen molar-refractivity contribution in [2.24, 2.45) is 0 Å². The Kier molecular flexibility index (Phi) is 6.37. The summed E-state index contributed by atoms with van der Waals surface area (Å²) in [7, 11) is 0. The SMILES string of the molecule is Cc1ccc(Cn2nc(C)c(NC(=S)Nc3cnn(Cc4cccc(C)c4)c3)c2C)cc1. The van der Waals surface area contributed by atoms with Crippen molar-refractivity contribution in [3.05, 3.63) is 94.6 Å². The summed E-state index contributed by atoms with van der Waals surface area (Å²) in [4.78, 5) is 0. The molecule has 0 unspecified atom stereocenters. The summed E-state index contributed by atoms with van der Waals surface area (Å²) < 4.78 is 3.90. The van der Waals surface area contributed by atoms with Gasteiger partial charge in [0.15, 0.2) is 5.11 Å². The van der Waals surface area contributed by atoms with Gasteiger partial charge in [0.1, 0.15) is 0 Å². The molecular formula is C25H28N6S. The average Bonchev–Trinajstić information content (AvgIpc) is 3.28. The molecule has 2 heterocycles. The molecule has 0 saturated heterocycles. The fraction of sp³-hybridized carbons (Fsp3) is 0.240. The highest BCUT2D eigenvalue weighted by Gasteiger charge is 2.13. The standard InChI is InChI=1S/C25H28N6S/c1-17-8-10-21(11-9-17)15-31-20(4)24(19(3)29-31)28-25(32)27-23-13-26-30(16-23)14-22-7-5-6-18(2)12-22/h5-13,16H,14-15H2,1-4H3,(H2,27,28,32). The molecule has 2 aromatic heterocycles.